The van der Waals surface area contributed by atoms with Crippen LogP contribution >= 0.6 is 0 Å². The molecule has 0 amide bonds. The molecule has 0 unspecified atom stereocenters. The van der Waals surface area contributed by atoms with Gasteiger partial charge in [-0.05, 0) is 7.05 Å². The van der Waals surface area contributed by atoms with Crippen molar-refractivity contribution < 1.29 is 28.9 Å². The van der Waals surface area contributed by atoms with Gasteiger partial charge in [0.05, 0.1) is 14.9 Å². The maximum atomic E-state index is 8.60. The molecule has 6 heteroatoms. The molecular weight excluding hydrogens is 125 g/mol. The lowest BCUT2D eigenvalue weighted by Gasteiger charge is -2.03. The van der Waals surface area contributed by atoms with E-state index in [9.17, 15) is 0 Å². The van der Waals surface area contributed by atoms with E-state index in [0.717, 1.165) is 0 Å². The van der Waals surface area contributed by atoms with Gasteiger partial charge in [-0.15, -0.1) is 0 Å². The molecule has 0 spiro atoms. The predicted molar refractivity (Wildman–Crippen MR) is 12.3 cm³/mol. The van der Waals surface area contributed by atoms with Gasteiger partial charge in [-0.3, -0.25) is 0 Å². The largest absolute Gasteiger partial charge is 0.333 e. The van der Waals surface area contributed by atoms with Gasteiger partial charge in [0.1, 0.15) is 0 Å². The van der Waals surface area contributed by atoms with Crippen LogP contribution in [0.2, 0.25) is 0 Å². The van der Waals surface area contributed by atoms with E-state index >= 15 is 0 Å². The van der Waals surface area contributed by atoms with E-state index in [2.05, 4.69) is 5.73 Å². The first-order valence-corrected chi connectivity index (χ1v) is 2.47. The Morgan fingerprint density at radius 3 is 1.29 bits per heavy atom. The maximum Gasteiger partial charge on any atom is 0.0777 e. The van der Waals surface area contributed by atoms with E-state index in [4.69, 9.17) is 18.6 Å². The minimum atomic E-state index is -4.69. The van der Waals surface area contributed by atoms with E-state index in [-0.39, 0.29) is 0 Å². The number of nitrogens with two attached hydrogens (primary N) is 1. The topological polar surface area (TPSA) is 115 Å². The predicted octanol–water partition coefficient (Wildman–Crippen LogP) is -4.55. The van der Waals surface area contributed by atoms with Crippen molar-refractivity contribution >= 4 is 0 Å². The van der Waals surface area contributed by atoms with E-state index in [1.54, 1.807) is 0 Å². The highest BCUT2D eigenvalue weighted by Crippen LogP contribution is 1.60. The summed E-state index contributed by atoms with van der Waals surface area (Å²) in [6, 6.07) is 0. The van der Waals surface area contributed by atoms with Crippen LogP contribution in [0.3, 0.4) is 0 Å². The first-order chi connectivity index (χ1) is 3.00. The molecule has 0 saturated carbocycles. The molecule has 5 nitrogen and oxygen atoms in total. The SMILES string of the molecule is CN.[O-][Cl+3]([O-])([O-])O. The second-order valence-corrected chi connectivity index (χ2v) is 1.19. The number of halogens is 1. The Balaban J connectivity index is 0. The summed E-state index contributed by atoms with van der Waals surface area (Å²) in [5.41, 5.74) is 4.50. The van der Waals surface area contributed by atoms with Crippen molar-refractivity contribution in [1.82, 2.24) is 0 Å². The molecule has 46 valence electrons. The molecule has 7 heavy (non-hydrogen) atoms. The van der Waals surface area contributed by atoms with Crippen molar-refractivity contribution in [2.45, 2.75) is 0 Å². The fourth-order valence-electron chi connectivity index (χ4n) is 0. The van der Waals surface area contributed by atoms with Crippen LogP contribution in [0.25, 0.3) is 0 Å². The average Bonchev–Trinajstić information content (AvgIpc) is 1.36. The van der Waals surface area contributed by atoms with Crippen molar-refractivity contribution in [3.05, 3.63) is 0 Å². The first kappa shape index (κ1) is 10.1. The summed E-state index contributed by atoms with van der Waals surface area (Å²) in [4.78, 5) is 0. The molecule has 0 aromatic carbocycles. The van der Waals surface area contributed by atoms with E-state index < -0.39 is 10.2 Å². The van der Waals surface area contributed by atoms with E-state index in [1.807, 2.05) is 0 Å². The van der Waals surface area contributed by atoms with E-state index in [0.29, 0.717) is 0 Å². The molecule has 0 radical (unpaired) electrons. The van der Waals surface area contributed by atoms with Gasteiger partial charge in [0.15, 0.2) is 0 Å². The van der Waals surface area contributed by atoms with Crippen LogP contribution in [-0.4, -0.2) is 11.7 Å². The van der Waals surface area contributed by atoms with Crippen molar-refractivity contribution in [2.24, 2.45) is 5.73 Å². The van der Waals surface area contributed by atoms with Gasteiger partial charge in [0.2, 0.25) is 0 Å². The molecule has 0 aliphatic carbocycles. The number of hydrogen-bond acceptors (Lipinski definition) is 5. The standard InChI is InChI=1S/CH5N.ClHO4/c1-2;2-1(3,4)5/h2H2,1H3;(H,2,3,4,5). The number of hydrogen-bond donors (Lipinski definition) is 2. The fourth-order valence-corrected chi connectivity index (χ4v) is 0. The summed E-state index contributed by atoms with van der Waals surface area (Å²) in [5.74, 6) is 0. The van der Waals surface area contributed by atoms with Crippen LogP contribution in [0.5, 0.6) is 0 Å². The third-order valence-corrected chi connectivity index (χ3v) is 0. The lowest BCUT2D eigenvalue weighted by atomic mass is 11.6. The average molecular weight is 132 g/mol. The normalized spacial score (nSPS) is 9.43. The minimum Gasteiger partial charge on any atom is -0.333 e. The zero-order valence-corrected chi connectivity index (χ0v) is 4.38. The highest BCUT2D eigenvalue weighted by molar-refractivity contribution is 3.54. The van der Waals surface area contributed by atoms with Crippen LogP contribution in [-0.2, 0) is 0 Å². The molecule has 0 aromatic heterocycles. The zero-order chi connectivity index (χ0) is 6.50. The van der Waals surface area contributed by atoms with Crippen LogP contribution < -0.4 is 19.7 Å². The van der Waals surface area contributed by atoms with E-state index in [1.165, 1.54) is 7.05 Å². The second-order valence-electron chi connectivity index (χ2n) is 0.396. The lowest BCUT2D eigenvalue weighted by Crippen LogP contribution is -2.58. The molecule has 0 fully saturated rings. The summed E-state index contributed by atoms with van der Waals surface area (Å²) in [7, 11) is -3.19. The summed E-state index contributed by atoms with van der Waals surface area (Å²) < 4.78 is 32.7. The van der Waals surface area contributed by atoms with Gasteiger partial charge in [-0.1, -0.05) is 0 Å². The van der Waals surface area contributed by atoms with Crippen LogP contribution in [0.15, 0.2) is 0 Å². The van der Waals surface area contributed by atoms with Gasteiger partial charge in [-0.25, -0.2) is 0 Å². The Labute approximate surface area is 42.7 Å². The molecule has 0 aromatic rings. The molecular formula is CH6ClNO4. The van der Waals surface area contributed by atoms with Crippen LogP contribution in [0.1, 0.15) is 0 Å². The summed E-state index contributed by atoms with van der Waals surface area (Å²) in [5, 5.41) is 0. The van der Waals surface area contributed by atoms with Gasteiger partial charge in [0.25, 0.3) is 0 Å². The minimum absolute atomic E-state index is 1.50. The third-order valence-electron chi connectivity index (χ3n) is 0. The monoisotopic (exact) mass is 131 g/mol. The molecule has 0 atom stereocenters. The van der Waals surface area contributed by atoms with Crippen LogP contribution in [0.4, 0.5) is 0 Å². The van der Waals surface area contributed by atoms with Gasteiger partial charge in [-0.2, -0.15) is 14.0 Å². The molecule has 0 bridgehead atoms. The summed E-state index contributed by atoms with van der Waals surface area (Å²) >= 11 is 0. The maximum absolute atomic E-state index is 8.60. The van der Waals surface area contributed by atoms with Gasteiger partial charge < -0.3 is 5.73 Å². The molecule has 0 saturated heterocycles. The smallest absolute Gasteiger partial charge is 0.0777 e. The van der Waals surface area contributed by atoms with Crippen LogP contribution in [0, 0.1) is 10.2 Å². The molecule has 0 heterocycles. The number of rotatable bonds is 0. The van der Waals surface area contributed by atoms with Gasteiger partial charge in [0, 0.05) is 0 Å². The molecule has 0 aliphatic rings. The zero-order valence-electron chi connectivity index (χ0n) is 3.63. The van der Waals surface area contributed by atoms with Crippen molar-refractivity contribution in [3.8, 4) is 0 Å². The first-order valence-electron chi connectivity index (χ1n) is 1.21. The van der Waals surface area contributed by atoms with Gasteiger partial charge >= 0.3 is 0 Å². The Hall–Kier alpha value is 0.0900. The highest BCUT2D eigenvalue weighted by Gasteiger charge is 1.98. The second kappa shape index (κ2) is 4.25. The Kier molecular flexibility index (Phi) is 6.17. The molecule has 0 aliphatic heterocycles. The van der Waals surface area contributed by atoms with Crippen molar-refractivity contribution in [1.29, 1.82) is 0 Å². The molecule has 0 rings (SSSR count). The van der Waals surface area contributed by atoms with Crippen molar-refractivity contribution in [2.75, 3.05) is 7.05 Å². The fraction of sp³-hybridized carbons (Fsp3) is 1.00. The Bertz CT molecular complexity index is 27.2. The molecule has 3 N–H and O–H groups in total. The highest BCUT2D eigenvalue weighted by atomic mass is 35.7. The quantitative estimate of drug-likeness (QED) is 0.344. The Morgan fingerprint density at radius 2 is 1.29 bits per heavy atom. The van der Waals surface area contributed by atoms with Crippen molar-refractivity contribution in [3.63, 3.8) is 0 Å². The lowest BCUT2D eigenvalue weighted by molar-refractivity contribution is -1.92. The summed E-state index contributed by atoms with van der Waals surface area (Å²) in [6.07, 6.45) is 0. The third kappa shape index (κ3) is 12600. The Morgan fingerprint density at radius 1 is 1.29 bits per heavy atom. The summed E-state index contributed by atoms with van der Waals surface area (Å²) in [6.45, 7) is 0.